The number of benzene rings is 3. The average Bonchev–Trinajstić information content (AvgIpc) is 3.12. The first-order chi connectivity index (χ1) is 14.0. The molecule has 0 spiro atoms. The van der Waals surface area contributed by atoms with E-state index in [4.69, 9.17) is 9.15 Å². The summed E-state index contributed by atoms with van der Waals surface area (Å²) in [6.07, 6.45) is 0. The number of fused-ring (bicyclic) bond motifs is 1. The fourth-order valence-electron chi connectivity index (χ4n) is 2.98. The van der Waals surface area contributed by atoms with Crippen molar-refractivity contribution >= 4 is 22.7 Å². The van der Waals surface area contributed by atoms with E-state index in [1.54, 1.807) is 36.4 Å². The Kier molecular flexibility index (Phi) is 4.99. The molecule has 0 aliphatic rings. The second-order valence-corrected chi connectivity index (χ2v) is 6.72. The van der Waals surface area contributed by atoms with Crippen molar-refractivity contribution in [1.29, 1.82) is 0 Å². The van der Waals surface area contributed by atoms with Gasteiger partial charge in [-0.2, -0.15) is 0 Å². The SMILES string of the molecule is Cc1cccc(OCC(=O)Nc2ccc3oc(-c4ccccc4F)nc3c2)c1C. The highest BCUT2D eigenvalue weighted by atomic mass is 19.1. The number of aryl methyl sites for hydroxylation is 1. The minimum absolute atomic E-state index is 0.110. The summed E-state index contributed by atoms with van der Waals surface area (Å²) in [5.74, 6) is 0.181. The third kappa shape index (κ3) is 3.96. The van der Waals surface area contributed by atoms with Gasteiger partial charge in [0.2, 0.25) is 5.89 Å². The normalized spacial score (nSPS) is 10.9. The first-order valence-corrected chi connectivity index (χ1v) is 9.15. The van der Waals surface area contributed by atoms with Crippen molar-refractivity contribution in [2.45, 2.75) is 13.8 Å². The van der Waals surface area contributed by atoms with E-state index in [1.807, 2.05) is 32.0 Å². The molecule has 6 heteroatoms. The molecule has 5 nitrogen and oxygen atoms in total. The molecule has 0 saturated carbocycles. The van der Waals surface area contributed by atoms with E-state index in [-0.39, 0.29) is 24.0 Å². The van der Waals surface area contributed by atoms with E-state index in [0.29, 0.717) is 22.5 Å². The summed E-state index contributed by atoms with van der Waals surface area (Å²) in [7, 11) is 0. The van der Waals surface area contributed by atoms with Gasteiger partial charge in [-0.25, -0.2) is 9.37 Å². The topological polar surface area (TPSA) is 64.4 Å². The number of ether oxygens (including phenoxy) is 1. The average molecular weight is 390 g/mol. The molecule has 4 rings (SSSR count). The zero-order valence-corrected chi connectivity index (χ0v) is 16.0. The summed E-state index contributed by atoms with van der Waals surface area (Å²) in [4.78, 5) is 16.6. The van der Waals surface area contributed by atoms with Crippen LogP contribution in [0.4, 0.5) is 10.1 Å². The molecule has 4 aromatic rings. The summed E-state index contributed by atoms with van der Waals surface area (Å²) < 4.78 is 25.2. The number of amides is 1. The molecule has 0 unspecified atom stereocenters. The highest BCUT2D eigenvalue weighted by Gasteiger charge is 2.13. The largest absolute Gasteiger partial charge is 0.483 e. The van der Waals surface area contributed by atoms with Crippen LogP contribution < -0.4 is 10.1 Å². The van der Waals surface area contributed by atoms with E-state index in [0.717, 1.165) is 11.1 Å². The number of carbonyl (C=O) groups is 1. The summed E-state index contributed by atoms with van der Waals surface area (Å²) in [5.41, 5.74) is 3.98. The number of anilines is 1. The fourth-order valence-corrected chi connectivity index (χ4v) is 2.98. The van der Waals surface area contributed by atoms with Crippen LogP contribution in [0.15, 0.2) is 65.1 Å². The van der Waals surface area contributed by atoms with Gasteiger partial charge in [-0.15, -0.1) is 0 Å². The maximum atomic E-state index is 14.0. The highest BCUT2D eigenvalue weighted by Crippen LogP contribution is 2.28. The molecule has 0 fully saturated rings. The molecule has 146 valence electrons. The van der Waals surface area contributed by atoms with Crippen molar-refractivity contribution < 1.29 is 18.3 Å². The van der Waals surface area contributed by atoms with Crippen molar-refractivity contribution in [3.05, 3.63) is 77.6 Å². The quantitative estimate of drug-likeness (QED) is 0.504. The lowest BCUT2D eigenvalue weighted by atomic mass is 10.1. The predicted molar refractivity (Wildman–Crippen MR) is 109 cm³/mol. The number of carbonyl (C=O) groups excluding carboxylic acids is 1. The molecule has 3 aromatic carbocycles. The maximum absolute atomic E-state index is 14.0. The molecule has 1 aromatic heterocycles. The molecule has 1 amide bonds. The lowest BCUT2D eigenvalue weighted by molar-refractivity contribution is -0.118. The van der Waals surface area contributed by atoms with Gasteiger partial charge in [0.05, 0.1) is 5.56 Å². The number of oxazole rings is 1. The third-order valence-corrected chi connectivity index (χ3v) is 4.69. The van der Waals surface area contributed by atoms with Crippen LogP contribution in [0.3, 0.4) is 0 Å². The molecule has 29 heavy (non-hydrogen) atoms. The van der Waals surface area contributed by atoms with Crippen LogP contribution in [0.25, 0.3) is 22.6 Å². The Hall–Kier alpha value is -3.67. The van der Waals surface area contributed by atoms with Crippen molar-refractivity contribution in [2.75, 3.05) is 11.9 Å². The van der Waals surface area contributed by atoms with Gasteiger partial charge in [0.25, 0.3) is 5.91 Å². The molecule has 0 aliphatic heterocycles. The molecule has 0 atom stereocenters. The van der Waals surface area contributed by atoms with Gasteiger partial charge in [0, 0.05) is 5.69 Å². The number of hydrogen-bond donors (Lipinski definition) is 1. The molecule has 0 aliphatic carbocycles. The van der Waals surface area contributed by atoms with Gasteiger partial charge in [-0.1, -0.05) is 24.3 Å². The Labute approximate surface area is 167 Å². The van der Waals surface area contributed by atoms with Crippen LogP contribution >= 0.6 is 0 Å². The monoisotopic (exact) mass is 390 g/mol. The molecule has 0 radical (unpaired) electrons. The van der Waals surface area contributed by atoms with E-state index >= 15 is 0 Å². The molecule has 0 saturated heterocycles. The summed E-state index contributed by atoms with van der Waals surface area (Å²) >= 11 is 0. The standard InChI is InChI=1S/C23H19FN2O3/c1-14-6-5-9-20(15(14)2)28-13-22(27)25-16-10-11-21-19(12-16)26-23(29-21)17-7-3-4-8-18(17)24/h3-12H,13H2,1-2H3,(H,25,27). The van der Waals surface area contributed by atoms with Crippen LogP contribution in [0.5, 0.6) is 5.75 Å². The van der Waals surface area contributed by atoms with Gasteiger partial charge in [0.15, 0.2) is 12.2 Å². The van der Waals surface area contributed by atoms with E-state index in [2.05, 4.69) is 10.3 Å². The Balaban J connectivity index is 1.47. The summed E-state index contributed by atoms with van der Waals surface area (Å²) in [6.45, 7) is 3.83. The number of aromatic nitrogens is 1. The van der Waals surface area contributed by atoms with Crippen LogP contribution in [-0.2, 0) is 4.79 Å². The Bertz CT molecular complexity index is 1200. The Morgan fingerprint density at radius 1 is 1.10 bits per heavy atom. The zero-order valence-electron chi connectivity index (χ0n) is 16.0. The number of rotatable bonds is 5. The fraction of sp³-hybridized carbons (Fsp3) is 0.130. The molecule has 1 N–H and O–H groups in total. The Morgan fingerprint density at radius 2 is 1.93 bits per heavy atom. The van der Waals surface area contributed by atoms with Crippen LogP contribution in [0, 0.1) is 19.7 Å². The summed E-state index contributed by atoms with van der Waals surface area (Å²) in [5, 5.41) is 2.78. The molecular formula is C23H19FN2O3. The van der Waals surface area contributed by atoms with Crippen LogP contribution in [0.2, 0.25) is 0 Å². The van der Waals surface area contributed by atoms with E-state index in [1.165, 1.54) is 6.07 Å². The predicted octanol–water partition coefficient (Wildman–Crippen LogP) is 5.27. The lowest BCUT2D eigenvalue weighted by Crippen LogP contribution is -2.20. The second kappa shape index (κ2) is 7.75. The first-order valence-electron chi connectivity index (χ1n) is 9.15. The van der Waals surface area contributed by atoms with E-state index < -0.39 is 5.82 Å². The van der Waals surface area contributed by atoms with Gasteiger partial charge in [-0.3, -0.25) is 4.79 Å². The lowest BCUT2D eigenvalue weighted by Gasteiger charge is -2.11. The Morgan fingerprint density at radius 3 is 2.76 bits per heavy atom. The minimum Gasteiger partial charge on any atom is -0.483 e. The van der Waals surface area contributed by atoms with Crippen molar-refractivity contribution in [3.63, 3.8) is 0 Å². The number of nitrogens with zero attached hydrogens (tertiary/aromatic N) is 1. The van der Waals surface area contributed by atoms with Crippen molar-refractivity contribution in [2.24, 2.45) is 0 Å². The second-order valence-electron chi connectivity index (χ2n) is 6.72. The van der Waals surface area contributed by atoms with Crippen LogP contribution in [0.1, 0.15) is 11.1 Å². The van der Waals surface area contributed by atoms with E-state index in [9.17, 15) is 9.18 Å². The maximum Gasteiger partial charge on any atom is 0.262 e. The molecular weight excluding hydrogens is 371 g/mol. The van der Waals surface area contributed by atoms with Gasteiger partial charge in [-0.05, 0) is 61.4 Å². The minimum atomic E-state index is -0.406. The third-order valence-electron chi connectivity index (χ3n) is 4.69. The zero-order chi connectivity index (χ0) is 20.4. The van der Waals surface area contributed by atoms with Gasteiger partial charge in [0.1, 0.15) is 17.1 Å². The summed E-state index contributed by atoms with van der Waals surface area (Å²) in [6, 6.07) is 17.1. The van der Waals surface area contributed by atoms with Gasteiger partial charge >= 0.3 is 0 Å². The van der Waals surface area contributed by atoms with Crippen molar-refractivity contribution in [1.82, 2.24) is 4.98 Å². The number of halogens is 1. The van der Waals surface area contributed by atoms with Gasteiger partial charge < -0.3 is 14.5 Å². The highest BCUT2D eigenvalue weighted by molar-refractivity contribution is 5.94. The number of hydrogen-bond acceptors (Lipinski definition) is 4. The molecule has 0 bridgehead atoms. The van der Waals surface area contributed by atoms with Crippen LogP contribution in [-0.4, -0.2) is 17.5 Å². The number of nitrogens with one attached hydrogen (secondary N) is 1. The smallest absolute Gasteiger partial charge is 0.262 e. The molecule has 1 heterocycles. The van der Waals surface area contributed by atoms with Crippen molar-refractivity contribution in [3.8, 4) is 17.2 Å². The first kappa shape index (κ1) is 18.7.